The van der Waals surface area contributed by atoms with E-state index in [0.29, 0.717) is 5.88 Å². The van der Waals surface area contributed by atoms with Crippen molar-refractivity contribution in [3.05, 3.63) is 34.5 Å². The van der Waals surface area contributed by atoms with E-state index in [-0.39, 0.29) is 17.5 Å². The average Bonchev–Trinajstić information content (AvgIpc) is 2.61. The molecule has 2 aromatic heterocycles. The summed E-state index contributed by atoms with van der Waals surface area (Å²) in [6.07, 6.45) is 3.44. The highest BCUT2D eigenvalue weighted by molar-refractivity contribution is 5.44. The van der Waals surface area contributed by atoms with Gasteiger partial charge in [-0.05, 0) is 12.8 Å². The summed E-state index contributed by atoms with van der Waals surface area (Å²) >= 11 is 0. The van der Waals surface area contributed by atoms with Crippen LogP contribution in [0.25, 0.3) is 0 Å². The summed E-state index contributed by atoms with van der Waals surface area (Å²) in [7, 11) is 3.09. The molecule has 1 N–H and O–H groups in total. The summed E-state index contributed by atoms with van der Waals surface area (Å²) < 4.78 is 10.3. The predicted molar refractivity (Wildman–Crippen MR) is 84.2 cm³/mol. The first kappa shape index (κ1) is 15.3. The van der Waals surface area contributed by atoms with Gasteiger partial charge in [0.15, 0.2) is 0 Å². The van der Waals surface area contributed by atoms with Crippen LogP contribution in [-0.4, -0.2) is 47.2 Å². The fourth-order valence-corrected chi connectivity index (χ4v) is 2.78. The van der Waals surface area contributed by atoms with Gasteiger partial charge in [-0.25, -0.2) is 4.98 Å². The van der Waals surface area contributed by atoms with Gasteiger partial charge in [-0.15, -0.1) is 0 Å². The number of piperidine rings is 1. The normalized spacial score (nSPS) is 17.8. The molecule has 1 atom stereocenters. The molecule has 0 radical (unpaired) electrons. The molecular formula is C15H19N5O3. The van der Waals surface area contributed by atoms with Crippen LogP contribution < -0.4 is 19.9 Å². The van der Waals surface area contributed by atoms with Gasteiger partial charge in [-0.2, -0.15) is 9.97 Å². The van der Waals surface area contributed by atoms with E-state index in [1.54, 1.807) is 19.2 Å². The number of rotatable bonds is 4. The SMILES string of the molecule is COc1cc(N2CCCC(c3cc(=O)[nH]cn3)C2)nc(OC)n1. The van der Waals surface area contributed by atoms with Gasteiger partial charge in [0.25, 0.3) is 5.56 Å². The lowest BCUT2D eigenvalue weighted by atomic mass is 9.94. The van der Waals surface area contributed by atoms with E-state index in [4.69, 9.17) is 9.47 Å². The molecule has 122 valence electrons. The van der Waals surface area contributed by atoms with Crippen LogP contribution in [0.3, 0.4) is 0 Å². The molecule has 1 aliphatic heterocycles. The van der Waals surface area contributed by atoms with E-state index in [1.165, 1.54) is 13.4 Å². The van der Waals surface area contributed by atoms with Gasteiger partial charge >= 0.3 is 6.01 Å². The number of hydrogen-bond acceptors (Lipinski definition) is 7. The van der Waals surface area contributed by atoms with E-state index >= 15 is 0 Å². The Balaban J connectivity index is 1.85. The molecular weight excluding hydrogens is 298 g/mol. The molecule has 0 amide bonds. The predicted octanol–water partition coefficient (Wildman–Crippen LogP) is 0.961. The minimum absolute atomic E-state index is 0.127. The summed E-state index contributed by atoms with van der Waals surface area (Å²) in [5, 5.41) is 0. The third kappa shape index (κ3) is 3.41. The Bertz CT molecular complexity index is 711. The molecule has 3 rings (SSSR count). The maximum atomic E-state index is 11.5. The quantitative estimate of drug-likeness (QED) is 0.897. The van der Waals surface area contributed by atoms with E-state index in [9.17, 15) is 4.79 Å². The maximum Gasteiger partial charge on any atom is 0.321 e. The second-order valence-electron chi connectivity index (χ2n) is 5.38. The number of nitrogens with one attached hydrogen (secondary N) is 1. The highest BCUT2D eigenvalue weighted by Gasteiger charge is 2.24. The highest BCUT2D eigenvalue weighted by atomic mass is 16.5. The van der Waals surface area contributed by atoms with Crippen LogP contribution in [-0.2, 0) is 0 Å². The second-order valence-corrected chi connectivity index (χ2v) is 5.38. The van der Waals surface area contributed by atoms with Gasteiger partial charge in [-0.3, -0.25) is 4.79 Å². The number of aromatic nitrogens is 4. The van der Waals surface area contributed by atoms with Crippen LogP contribution in [0.4, 0.5) is 5.82 Å². The van der Waals surface area contributed by atoms with Crippen molar-refractivity contribution < 1.29 is 9.47 Å². The molecule has 1 aliphatic rings. The number of hydrogen-bond donors (Lipinski definition) is 1. The molecule has 1 unspecified atom stereocenters. The Morgan fingerprint density at radius 3 is 2.87 bits per heavy atom. The monoisotopic (exact) mass is 317 g/mol. The molecule has 3 heterocycles. The molecule has 1 fully saturated rings. The summed E-state index contributed by atoms with van der Waals surface area (Å²) in [6, 6.07) is 3.63. The fraction of sp³-hybridized carbons (Fsp3) is 0.467. The molecule has 0 bridgehead atoms. The second kappa shape index (κ2) is 6.64. The van der Waals surface area contributed by atoms with Crippen LogP contribution in [0.5, 0.6) is 11.9 Å². The lowest BCUT2D eigenvalue weighted by Gasteiger charge is -2.33. The van der Waals surface area contributed by atoms with E-state index < -0.39 is 0 Å². The Labute approximate surface area is 133 Å². The minimum Gasteiger partial charge on any atom is -0.481 e. The lowest BCUT2D eigenvalue weighted by molar-refractivity contribution is 0.351. The number of aromatic amines is 1. The van der Waals surface area contributed by atoms with Crippen LogP contribution in [0.15, 0.2) is 23.3 Å². The molecule has 0 saturated carbocycles. The van der Waals surface area contributed by atoms with Crippen molar-refractivity contribution in [2.45, 2.75) is 18.8 Å². The molecule has 23 heavy (non-hydrogen) atoms. The maximum absolute atomic E-state index is 11.5. The van der Waals surface area contributed by atoms with Crippen LogP contribution in [0, 0.1) is 0 Å². The number of anilines is 1. The number of ether oxygens (including phenoxy) is 2. The van der Waals surface area contributed by atoms with Crippen molar-refractivity contribution >= 4 is 5.82 Å². The van der Waals surface area contributed by atoms with Crippen molar-refractivity contribution in [2.24, 2.45) is 0 Å². The van der Waals surface area contributed by atoms with E-state index in [0.717, 1.165) is 37.4 Å². The van der Waals surface area contributed by atoms with Crippen molar-refractivity contribution in [1.82, 2.24) is 19.9 Å². The zero-order valence-corrected chi connectivity index (χ0v) is 13.2. The molecule has 1 saturated heterocycles. The summed E-state index contributed by atoms with van der Waals surface area (Å²) in [5.41, 5.74) is 0.684. The first-order chi connectivity index (χ1) is 11.2. The summed E-state index contributed by atoms with van der Waals surface area (Å²) in [5.74, 6) is 1.41. The van der Waals surface area contributed by atoms with Crippen LogP contribution in [0.1, 0.15) is 24.5 Å². The van der Waals surface area contributed by atoms with Crippen molar-refractivity contribution in [3.8, 4) is 11.9 Å². The van der Waals surface area contributed by atoms with Gasteiger partial charge in [0.1, 0.15) is 5.82 Å². The molecule has 0 spiro atoms. The van der Waals surface area contributed by atoms with Gasteiger partial charge in [-0.1, -0.05) is 0 Å². The molecule has 2 aromatic rings. The Kier molecular flexibility index (Phi) is 4.40. The van der Waals surface area contributed by atoms with Crippen molar-refractivity contribution in [2.75, 3.05) is 32.2 Å². The van der Waals surface area contributed by atoms with Gasteiger partial charge in [0, 0.05) is 31.1 Å². The standard InChI is InChI=1S/C15H19N5O3/c1-22-14-7-12(18-15(19-14)23-2)20-5-3-4-10(8-20)11-6-13(21)17-9-16-11/h6-7,9-10H,3-5,8H2,1-2H3,(H,16,17,21). The number of H-pyrrole nitrogens is 1. The fourth-order valence-electron chi connectivity index (χ4n) is 2.78. The van der Waals surface area contributed by atoms with Gasteiger partial charge in [0.05, 0.1) is 26.2 Å². The topological polar surface area (TPSA) is 93.2 Å². The largest absolute Gasteiger partial charge is 0.481 e. The van der Waals surface area contributed by atoms with Gasteiger partial charge < -0.3 is 19.4 Å². The summed E-state index contributed by atoms with van der Waals surface area (Å²) in [6.45, 7) is 1.61. The number of nitrogens with zero attached hydrogens (tertiary/aromatic N) is 4. The molecule has 8 heteroatoms. The smallest absolute Gasteiger partial charge is 0.321 e. The number of methoxy groups -OCH3 is 2. The minimum atomic E-state index is -0.127. The average molecular weight is 317 g/mol. The van der Waals surface area contributed by atoms with E-state index in [2.05, 4.69) is 24.8 Å². The molecule has 0 aliphatic carbocycles. The Morgan fingerprint density at radius 2 is 2.13 bits per heavy atom. The third-order valence-corrected chi connectivity index (χ3v) is 3.92. The molecule has 8 nitrogen and oxygen atoms in total. The highest BCUT2D eigenvalue weighted by Crippen LogP contribution is 2.29. The lowest BCUT2D eigenvalue weighted by Crippen LogP contribution is -2.35. The third-order valence-electron chi connectivity index (χ3n) is 3.92. The Hall–Kier alpha value is -2.64. The Morgan fingerprint density at radius 1 is 1.26 bits per heavy atom. The summed E-state index contributed by atoms with van der Waals surface area (Å²) in [4.78, 5) is 29.0. The first-order valence-corrected chi connectivity index (χ1v) is 7.46. The van der Waals surface area contributed by atoms with Crippen LogP contribution in [0.2, 0.25) is 0 Å². The van der Waals surface area contributed by atoms with Crippen molar-refractivity contribution in [1.29, 1.82) is 0 Å². The molecule has 0 aromatic carbocycles. The van der Waals surface area contributed by atoms with E-state index in [1.807, 2.05) is 0 Å². The zero-order valence-electron chi connectivity index (χ0n) is 13.2. The van der Waals surface area contributed by atoms with Crippen molar-refractivity contribution in [3.63, 3.8) is 0 Å². The van der Waals surface area contributed by atoms with Crippen LogP contribution >= 0.6 is 0 Å². The zero-order chi connectivity index (χ0) is 16.2. The first-order valence-electron chi connectivity index (χ1n) is 7.46. The van der Waals surface area contributed by atoms with Gasteiger partial charge in [0.2, 0.25) is 5.88 Å².